The Morgan fingerprint density at radius 3 is 2.09 bits per heavy atom. The van der Waals surface area contributed by atoms with Crippen molar-refractivity contribution in [1.82, 2.24) is 0 Å². The van der Waals surface area contributed by atoms with Crippen molar-refractivity contribution < 1.29 is 22.7 Å². The van der Waals surface area contributed by atoms with Crippen molar-refractivity contribution in [1.29, 1.82) is 0 Å². The fourth-order valence-corrected chi connectivity index (χ4v) is 2.34. The lowest BCUT2D eigenvalue weighted by Gasteiger charge is -2.27. The molecule has 0 atom stereocenters. The number of rotatable bonds is 6. The highest BCUT2D eigenvalue weighted by molar-refractivity contribution is 5.28. The molecule has 0 aliphatic rings. The molecular weight excluding hydrogens is 303 g/mol. The summed E-state index contributed by atoms with van der Waals surface area (Å²) < 4.78 is 37.9. The van der Waals surface area contributed by atoms with Crippen molar-refractivity contribution in [3.8, 4) is 5.75 Å². The van der Waals surface area contributed by atoms with Gasteiger partial charge in [-0.2, -0.15) is 13.2 Å². The van der Waals surface area contributed by atoms with Gasteiger partial charge in [0.2, 0.25) is 0 Å². The zero-order valence-electron chi connectivity index (χ0n) is 13.3. The third kappa shape index (κ3) is 5.60. The second-order valence-corrected chi connectivity index (χ2v) is 6.00. The van der Waals surface area contributed by atoms with Gasteiger partial charge in [0.05, 0.1) is 5.56 Å². The maximum atomic E-state index is 12.5. The van der Waals surface area contributed by atoms with E-state index in [2.05, 4.69) is 12.1 Å². The van der Waals surface area contributed by atoms with Gasteiger partial charge in [0.1, 0.15) is 20.6 Å². The summed E-state index contributed by atoms with van der Waals surface area (Å²) in [5.41, 5.74) is 0.598. The van der Waals surface area contributed by atoms with Crippen LogP contribution in [0.1, 0.15) is 17.5 Å². The van der Waals surface area contributed by atoms with Crippen molar-refractivity contribution in [3.05, 3.63) is 65.7 Å². The Morgan fingerprint density at radius 2 is 1.52 bits per heavy atom. The van der Waals surface area contributed by atoms with Crippen LogP contribution >= 0.6 is 0 Å². The fourth-order valence-electron chi connectivity index (χ4n) is 2.34. The van der Waals surface area contributed by atoms with Gasteiger partial charge in [0.15, 0.2) is 5.75 Å². The van der Waals surface area contributed by atoms with Crippen molar-refractivity contribution in [2.24, 2.45) is 0 Å². The Labute approximate surface area is 134 Å². The van der Waals surface area contributed by atoms with E-state index < -0.39 is 11.7 Å². The van der Waals surface area contributed by atoms with E-state index in [4.69, 9.17) is 4.84 Å². The largest absolute Gasteiger partial charge is 0.416 e. The summed E-state index contributed by atoms with van der Waals surface area (Å²) in [6.07, 6.45) is -2.45. The molecule has 5 heteroatoms. The summed E-state index contributed by atoms with van der Waals surface area (Å²) in [6, 6.07) is 15.0. The molecule has 2 aromatic carbocycles. The Bertz CT molecular complexity index is 606. The highest BCUT2D eigenvalue weighted by Gasteiger charge is 2.30. The summed E-state index contributed by atoms with van der Waals surface area (Å²) in [5.74, 6) is 0.433. The van der Waals surface area contributed by atoms with Crippen LogP contribution in [0.4, 0.5) is 13.2 Å². The quantitative estimate of drug-likeness (QED) is 0.552. The van der Waals surface area contributed by atoms with Crippen LogP contribution in [0.5, 0.6) is 5.75 Å². The van der Waals surface area contributed by atoms with Gasteiger partial charge in [-0.3, -0.25) is 0 Å². The van der Waals surface area contributed by atoms with Crippen molar-refractivity contribution in [2.75, 3.05) is 20.6 Å². The molecule has 0 aromatic heterocycles. The van der Waals surface area contributed by atoms with E-state index in [-0.39, 0.29) is 4.65 Å². The number of hydrogen-bond acceptors (Lipinski definition) is 1. The van der Waals surface area contributed by atoms with Crippen LogP contribution in [0, 0.1) is 0 Å². The second kappa shape index (κ2) is 7.04. The maximum absolute atomic E-state index is 12.5. The SMILES string of the molecule is C[N+](C)(CCCc1ccccc1)Oc1ccc(C(F)(F)F)cc1. The van der Waals surface area contributed by atoms with Crippen molar-refractivity contribution in [3.63, 3.8) is 0 Å². The molecule has 0 amide bonds. The highest BCUT2D eigenvalue weighted by Crippen LogP contribution is 2.30. The molecule has 0 fully saturated rings. The molecule has 0 heterocycles. The van der Waals surface area contributed by atoms with Crippen LogP contribution in [0.15, 0.2) is 54.6 Å². The molecule has 0 radical (unpaired) electrons. The first-order valence-corrected chi connectivity index (χ1v) is 7.50. The maximum Gasteiger partial charge on any atom is 0.416 e. The lowest BCUT2D eigenvalue weighted by Crippen LogP contribution is -2.43. The average molecular weight is 324 g/mol. The van der Waals surface area contributed by atoms with Crippen LogP contribution in [0.3, 0.4) is 0 Å². The van der Waals surface area contributed by atoms with Crippen LogP contribution in [0.2, 0.25) is 0 Å². The molecule has 0 aliphatic carbocycles. The molecular formula is C18H21F3NO+. The smallest absolute Gasteiger partial charge is 0.316 e. The fraction of sp³-hybridized carbons (Fsp3) is 0.333. The molecule has 0 N–H and O–H groups in total. The number of nitrogens with zero attached hydrogens (tertiary/aromatic N) is 1. The van der Waals surface area contributed by atoms with E-state index in [9.17, 15) is 13.2 Å². The number of alkyl halides is 3. The number of aryl methyl sites for hydroxylation is 1. The summed E-state index contributed by atoms with van der Waals surface area (Å²) in [6.45, 7) is 0.760. The van der Waals surface area contributed by atoms with Crippen molar-refractivity contribution in [2.45, 2.75) is 19.0 Å². The Hall–Kier alpha value is -2.01. The molecule has 2 rings (SSSR count). The summed E-state index contributed by atoms with van der Waals surface area (Å²) in [7, 11) is 3.78. The molecule has 23 heavy (non-hydrogen) atoms. The number of quaternary nitrogens is 1. The second-order valence-electron chi connectivity index (χ2n) is 6.00. The number of hydroxylamine groups is 3. The number of benzene rings is 2. The topological polar surface area (TPSA) is 9.23 Å². The predicted molar refractivity (Wildman–Crippen MR) is 83.8 cm³/mol. The summed E-state index contributed by atoms with van der Waals surface area (Å²) in [5, 5.41) is 0. The van der Waals surface area contributed by atoms with Crippen LogP contribution in [-0.4, -0.2) is 25.3 Å². The molecule has 0 saturated heterocycles. The minimum atomic E-state index is -4.32. The average Bonchev–Trinajstić information content (AvgIpc) is 2.47. The van der Waals surface area contributed by atoms with Gasteiger partial charge in [0.25, 0.3) is 0 Å². The molecule has 0 aliphatic heterocycles. The molecule has 2 nitrogen and oxygen atoms in total. The standard InChI is InChI=1S/C18H21F3NO/c1-22(2,14-6-9-15-7-4-3-5-8-15)23-17-12-10-16(11-13-17)18(19,20)21/h3-5,7-8,10-13H,6,9,14H2,1-2H3/q+1. The lowest BCUT2D eigenvalue weighted by atomic mass is 10.1. The molecule has 0 spiro atoms. The third-order valence-corrected chi connectivity index (χ3v) is 3.54. The van der Waals surface area contributed by atoms with E-state index in [0.717, 1.165) is 31.5 Å². The first-order valence-electron chi connectivity index (χ1n) is 7.50. The van der Waals surface area contributed by atoms with E-state index in [1.807, 2.05) is 32.3 Å². The van der Waals surface area contributed by atoms with Gasteiger partial charge >= 0.3 is 6.18 Å². The lowest BCUT2D eigenvalue weighted by molar-refractivity contribution is -1.05. The van der Waals surface area contributed by atoms with Gasteiger partial charge in [-0.15, -0.1) is 4.65 Å². The Kier molecular flexibility index (Phi) is 5.31. The zero-order chi connectivity index (χ0) is 16.9. The third-order valence-electron chi connectivity index (χ3n) is 3.54. The van der Waals surface area contributed by atoms with Gasteiger partial charge in [-0.1, -0.05) is 30.3 Å². The molecule has 2 aromatic rings. The van der Waals surface area contributed by atoms with Gasteiger partial charge < -0.3 is 4.84 Å². The minimum Gasteiger partial charge on any atom is -0.316 e. The number of halogens is 3. The highest BCUT2D eigenvalue weighted by atomic mass is 19.4. The Balaban J connectivity index is 1.87. The van der Waals surface area contributed by atoms with E-state index in [0.29, 0.717) is 5.75 Å². The van der Waals surface area contributed by atoms with E-state index in [1.165, 1.54) is 17.7 Å². The van der Waals surface area contributed by atoms with E-state index >= 15 is 0 Å². The summed E-state index contributed by atoms with van der Waals surface area (Å²) in [4.78, 5) is 5.78. The zero-order valence-corrected chi connectivity index (χ0v) is 13.3. The molecule has 124 valence electrons. The van der Waals surface area contributed by atoms with Crippen molar-refractivity contribution >= 4 is 0 Å². The number of hydrogen-bond donors (Lipinski definition) is 0. The van der Waals surface area contributed by atoms with E-state index in [1.54, 1.807) is 0 Å². The molecule has 0 unspecified atom stereocenters. The predicted octanol–water partition coefficient (Wildman–Crippen LogP) is 4.71. The molecule has 0 saturated carbocycles. The monoisotopic (exact) mass is 324 g/mol. The van der Waals surface area contributed by atoms with Gasteiger partial charge in [0, 0.05) is 6.42 Å². The van der Waals surface area contributed by atoms with Crippen LogP contribution in [0.25, 0.3) is 0 Å². The van der Waals surface area contributed by atoms with Crippen LogP contribution in [-0.2, 0) is 12.6 Å². The minimum absolute atomic E-state index is 0.262. The van der Waals surface area contributed by atoms with Crippen LogP contribution < -0.4 is 4.84 Å². The molecule has 0 bridgehead atoms. The normalized spacial score (nSPS) is 12.2. The van der Waals surface area contributed by atoms with Gasteiger partial charge in [-0.05, 0) is 36.2 Å². The summed E-state index contributed by atoms with van der Waals surface area (Å²) >= 11 is 0. The first kappa shape index (κ1) is 17.3. The first-order chi connectivity index (χ1) is 10.8. The Morgan fingerprint density at radius 1 is 0.913 bits per heavy atom. The van der Waals surface area contributed by atoms with Gasteiger partial charge in [-0.25, -0.2) is 0 Å².